The highest BCUT2D eigenvalue weighted by Crippen LogP contribution is 2.15. The monoisotopic (exact) mass is 251 g/mol. The fourth-order valence-electron chi connectivity index (χ4n) is 1.58. The van der Waals surface area contributed by atoms with Gasteiger partial charge < -0.3 is 5.32 Å². The molecule has 0 bridgehead atoms. The van der Waals surface area contributed by atoms with E-state index in [4.69, 9.17) is 0 Å². The Morgan fingerprint density at radius 3 is 2.67 bits per heavy atom. The number of hydrogen-bond donors (Lipinski definition) is 1. The molecule has 0 saturated carbocycles. The zero-order valence-corrected chi connectivity index (χ0v) is 10.3. The third-order valence-corrected chi connectivity index (χ3v) is 2.58. The van der Waals surface area contributed by atoms with Crippen LogP contribution in [0.5, 0.6) is 0 Å². The molecule has 0 aliphatic rings. The summed E-state index contributed by atoms with van der Waals surface area (Å²) in [6.07, 6.45) is 1.88. The van der Waals surface area contributed by atoms with Gasteiger partial charge in [0.1, 0.15) is 11.6 Å². The van der Waals surface area contributed by atoms with Crippen molar-refractivity contribution in [2.24, 2.45) is 0 Å². The number of nitrogens with zero attached hydrogens (tertiary/aromatic N) is 2. The Morgan fingerprint density at radius 1 is 1.28 bits per heavy atom. The van der Waals surface area contributed by atoms with Gasteiger partial charge in [0.25, 0.3) is 0 Å². The zero-order chi connectivity index (χ0) is 13.1. The Kier molecular flexibility index (Phi) is 3.60. The summed E-state index contributed by atoms with van der Waals surface area (Å²) in [5, 5.41) is 7.22. The molecule has 0 saturated heterocycles. The molecule has 2 aromatic rings. The topological polar surface area (TPSA) is 29.9 Å². The summed E-state index contributed by atoms with van der Waals surface area (Å²) in [5.41, 5.74) is 1.09. The van der Waals surface area contributed by atoms with Gasteiger partial charge >= 0.3 is 0 Å². The normalized spacial score (nSPS) is 10.9. The molecule has 18 heavy (non-hydrogen) atoms. The maximum absolute atomic E-state index is 13.4. The van der Waals surface area contributed by atoms with Crippen molar-refractivity contribution in [3.05, 3.63) is 47.8 Å². The SMILES string of the molecule is CC(C)n1ccc(CNc2ccc(F)cc2F)n1. The van der Waals surface area contributed by atoms with Crippen LogP contribution in [0.4, 0.5) is 14.5 Å². The van der Waals surface area contributed by atoms with Crippen molar-refractivity contribution in [3.8, 4) is 0 Å². The third kappa shape index (κ3) is 2.85. The van der Waals surface area contributed by atoms with Crippen LogP contribution in [-0.2, 0) is 6.54 Å². The molecule has 0 atom stereocenters. The lowest BCUT2D eigenvalue weighted by atomic mass is 10.3. The van der Waals surface area contributed by atoms with Gasteiger partial charge in [-0.05, 0) is 32.0 Å². The van der Waals surface area contributed by atoms with Crippen molar-refractivity contribution in [1.82, 2.24) is 9.78 Å². The molecule has 1 aromatic heterocycles. The van der Waals surface area contributed by atoms with E-state index in [0.29, 0.717) is 12.6 Å². The van der Waals surface area contributed by atoms with Gasteiger partial charge in [-0.2, -0.15) is 5.10 Å². The molecule has 0 aliphatic carbocycles. The lowest BCUT2D eigenvalue weighted by Crippen LogP contribution is -2.05. The Balaban J connectivity index is 2.02. The average Bonchev–Trinajstić information content (AvgIpc) is 2.76. The number of hydrogen-bond acceptors (Lipinski definition) is 2. The summed E-state index contributed by atoms with van der Waals surface area (Å²) < 4.78 is 27.9. The molecule has 0 fully saturated rings. The van der Waals surface area contributed by atoms with Crippen LogP contribution in [0.2, 0.25) is 0 Å². The maximum Gasteiger partial charge on any atom is 0.149 e. The predicted molar refractivity (Wildman–Crippen MR) is 66.3 cm³/mol. The Bertz CT molecular complexity index is 535. The van der Waals surface area contributed by atoms with E-state index >= 15 is 0 Å². The lowest BCUT2D eigenvalue weighted by molar-refractivity contribution is 0.527. The van der Waals surface area contributed by atoms with Crippen molar-refractivity contribution < 1.29 is 8.78 Å². The van der Waals surface area contributed by atoms with E-state index in [9.17, 15) is 8.78 Å². The van der Waals surface area contributed by atoms with E-state index < -0.39 is 11.6 Å². The smallest absolute Gasteiger partial charge is 0.149 e. The van der Waals surface area contributed by atoms with E-state index in [1.807, 2.05) is 30.8 Å². The van der Waals surface area contributed by atoms with Crippen molar-refractivity contribution in [1.29, 1.82) is 0 Å². The highest BCUT2D eigenvalue weighted by Gasteiger charge is 2.05. The van der Waals surface area contributed by atoms with Gasteiger partial charge in [-0.3, -0.25) is 4.68 Å². The molecule has 1 aromatic carbocycles. The maximum atomic E-state index is 13.4. The van der Waals surface area contributed by atoms with E-state index in [2.05, 4.69) is 10.4 Å². The van der Waals surface area contributed by atoms with Gasteiger partial charge in [0.2, 0.25) is 0 Å². The first-order valence-corrected chi connectivity index (χ1v) is 5.79. The van der Waals surface area contributed by atoms with Crippen molar-refractivity contribution >= 4 is 5.69 Å². The van der Waals surface area contributed by atoms with Crippen molar-refractivity contribution in [2.45, 2.75) is 26.4 Å². The predicted octanol–water partition coefficient (Wildman–Crippen LogP) is 3.35. The van der Waals surface area contributed by atoms with Gasteiger partial charge in [-0.25, -0.2) is 8.78 Å². The lowest BCUT2D eigenvalue weighted by Gasteiger charge is -2.06. The molecule has 96 valence electrons. The second kappa shape index (κ2) is 5.16. The van der Waals surface area contributed by atoms with Crippen LogP contribution in [0.15, 0.2) is 30.5 Å². The summed E-state index contributed by atoms with van der Waals surface area (Å²) in [5.74, 6) is -1.18. The first-order chi connectivity index (χ1) is 8.56. The summed E-state index contributed by atoms with van der Waals surface area (Å²) in [6, 6.07) is 5.62. The van der Waals surface area contributed by atoms with Crippen LogP contribution in [0, 0.1) is 11.6 Å². The third-order valence-electron chi connectivity index (χ3n) is 2.58. The van der Waals surface area contributed by atoms with Gasteiger partial charge in [0.05, 0.1) is 17.9 Å². The highest BCUT2D eigenvalue weighted by molar-refractivity contribution is 5.44. The van der Waals surface area contributed by atoms with Crippen LogP contribution >= 0.6 is 0 Å². The van der Waals surface area contributed by atoms with Gasteiger partial charge in [0.15, 0.2) is 0 Å². The number of halogens is 2. The molecule has 0 unspecified atom stereocenters. The largest absolute Gasteiger partial charge is 0.377 e. The molecule has 1 heterocycles. The van der Waals surface area contributed by atoms with Crippen LogP contribution in [0.1, 0.15) is 25.6 Å². The van der Waals surface area contributed by atoms with E-state index in [1.165, 1.54) is 12.1 Å². The Morgan fingerprint density at radius 2 is 2.06 bits per heavy atom. The first kappa shape index (κ1) is 12.5. The molecule has 0 aliphatic heterocycles. The standard InChI is InChI=1S/C13H15F2N3/c1-9(2)18-6-5-11(17-18)8-16-13-4-3-10(14)7-12(13)15/h3-7,9,16H,8H2,1-2H3. The second-order valence-corrected chi connectivity index (χ2v) is 4.36. The minimum atomic E-state index is -0.599. The van der Waals surface area contributed by atoms with Crippen molar-refractivity contribution in [3.63, 3.8) is 0 Å². The summed E-state index contributed by atoms with van der Waals surface area (Å²) in [6.45, 7) is 4.47. The summed E-state index contributed by atoms with van der Waals surface area (Å²) in [4.78, 5) is 0. The van der Waals surface area contributed by atoms with Crippen LogP contribution < -0.4 is 5.32 Å². The second-order valence-electron chi connectivity index (χ2n) is 4.36. The summed E-state index contributed by atoms with van der Waals surface area (Å²) in [7, 11) is 0. The number of rotatable bonds is 4. The fraction of sp³-hybridized carbons (Fsp3) is 0.308. The van der Waals surface area contributed by atoms with Gasteiger partial charge in [0, 0.05) is 18.3 Å². The highest BCUT2D eigenvalue weighted by atomic mass is 19.1. The Hall–Kier alpha value is -1.91. The molecular weight excluding hydrogens is 236 g/mol. The average molecular weight is 251 g/mol. The van der Waals surface area contributed by atoms with Gasteiger partial charge in [-0.15, -0.1) is 0 Å². The number of benzene rings is 1. The van der Waals surface area contributed by atoms with E-state index in [-0.39, 0.29) is 5.69 Å². The molecule has 0 radical (unpaired) electrons. The summed E-state index contributed by atoms with van der Waals surface area (Å²) >= 11 is 0. The van der Waals surface area contributed by atoms with Crippen LogP contribution in [0.3, 0.4) is 0 Å². The van der Waals surface area contributed by atoms with Gasteiger partial charge in [-0.1, -0.05) is 0 Å². The molecule has 3 nitrogen and oxygen atoms in total. The van der Waals surface area contributed by atoms with Crippen molar-refractivity contribution in [2.75, 3.05) is 5.32 Å². The van der Waals surface area contributed by atoms with E-state index in [0.717, 1.165) is 11.8 Å². The minimum absolute atomic E-state index is 0.274. The molecular formula is C13H15F2N3. The zero-order valence-electron chi connectivity index (χ0n) is 10.3. The number of nitrogens with one attached hydrogen (secondary N) is 1. The van der Waals surface area contributed by atoms with E-state index in [1.54, 1.807) is 0 Å². The van der Waals surface area contributed by atoms with Crippen LogP contribution in [-0.4, -0.2) is 9.78 Å². The molecule has 2 rings (SSSR count). The number of anilines is 1. The molecule has 1 N–H and O–H groups in total. The van der Waals surface area contributed by atoms with Crippen LogP contribution in [0.25, 0.3) is 0 Å². The molecule has 5 heteroatoms. The molecule has 0 amide bonds. The molecule has 0 spiro atoms. The Labute approximate surface area is 104 Å². The quantitative estimate of drug-likeness (QED) is 0.903. The fourth-order valence-corrected chi connectivity index (χ4v) is 1.58. The number of aromatic nitrogens is 2. The minimum Gasteiger partial charge on any atom is -0.377 e. The first-order valence-electron chi connectivity index (χ1n) is 5.79.